The first-order valence-electron chi connectivity index (χ1n) is 10.4. The lowest BCUT2D eigenvalue weighted by Crippen LogP contribution is -2.50. The third-order valence-electron chi connectivity index (χ3n) is 4.78. The second-order valence-electron chi connectivity index (χ2n) is 7.93. The highest BCUT2D eigenvalue weighted by Gasteiger charge is 2.29. The van der Waals surface area contributed by atoms with E-state index in [0.717, 1.165) is 5.56 Å². The fourth-order valence-electron chi connectivity index (χ4n) is 3.11. The number of carbonyl (C=O) groups is 2. The fraction of sp³-hybridized carbons (Fsp3) is 0.417. The van der Waals surface area contributed by atoms with Crippen molar-refractivity contribution < 1.29 is 14.3 Å². The Morgan fingerprint density at radius 2 is 1.87 bits per heavy atom. The number of rotatable bonds is 10. The molecule has 31 heavy (non-hydrogen) atoms. The van der Waals surface area contributed by atoms with E-state index in [1.165, 1.54) is 4.90 Å². The van der Waals surface area contributed by atoms with Crippen molar-refractivity contribution in [3.05, 3.63) is 63.6 Å². The lowest BCUT2D eigenvalue weighted by molar-refractivity contribution is -0.143. The first kappa shape index (κ1) is 25.0. The van der Waals surface area contributed by atoms with Gasteiger partial charge in [-0.1, -0.05) is 62.2 Å². The number of ether oxygens (including phenoxy) is 1. The monoisotopic (exact) mass is 464 g/mol. The molecule has 2 amide bonds. The normalized spacial score (nSPS) is 11.8. The standard InChI is InChI=1S/C24H30Cl2N2O3/c1-5-22(24(30)27-13-16(2)3)28(14-18-9-10-19(25)12-21(18)26)23(29)15-31-20-8-6-7-17(4)11-20/h6-12,16,22H,5,13-15H2,1-4H3,(H,27,30)/t22-/m0/s1. The van der Waals surface area contributed by atoms with Crippen molar-refractivity contribution >= 4 is 35.0 Å². The third kappa shape index (κ3) is 7.75. The molecule has 0 aliphatic rings. The van der Waals surface area contributed by atoms with Gasteiger partial charge in [0.2, 0.25) is 5.91 Å². The first-order valence-corrected chi connectivity index (χ1v) is 11.2. The van der Waals surface area contributed by atoms with Gasteiger partial charge in [0.15, 0.2) is 6.61 Å². The molecule has 2 aromatic carbocycles. The van der Waals surface area contributed by atoms with Crippen molar-refractivity contribution in [2.24, 2.45) is 5.92 Å². The summed E-state index contributed by atoms with van der Waals surface area (Å²) in [5, 5.41) is 3.89. The topological polar surface area (TPSA) is 58.6 Å². The van der Waals surface area contributed by atoms with Crippen LogP contribution >= 0.6 is 23.2 Å². The number of carbonyl (C=O) groups excluding carboxylic acids is 2. The van der Waals surface area contributed by atoms with Crippen LogP contribution in [0.2, 0.25) is 10.0 Å². The highest BCUT2D eigenvalue weighted by molar-refractivity contribution is 6.35. The molecule has 0 unspecified atom stereocenters. The van der Waals surface area contributed by atoms with Gasteiger partial charge < -0.3 is 15.0 Å². The van der Waals surface area contributed by atoms with E-state index in [2.05, 4.69) is 5.32 Å². The Balaban J connectivity index is 2.24. The third-order valence-corrected chi connectivity index (χ3v) is 5.37. The maximum atomic E-state index is 13.2. The number of nitrogens with one attached hydrogen (secondary N) is 1. The van der Waals surface area contributed by atoms with Crippen molar-refractivity contribution in [1.29, 1.82) is 0 Å². The SMILES string of the molecule is CC[C@@H](C(=O)NCC(C)C)N(Cc1ccc(Cl)cc1Cl)C(=O)COc1cccc(C)c1. The summed E-state index contributed by atoms with van der Waals surface area (Å²) in [6.45, 7) is 8.42. The minimum atomic E-state index is -0.640. The molecule has 0 spiro atoms. The lowest BCUT2D eigenvalue weighted by Gasteiger charge is -2.31. The van der Waals surface area contributed by atoms with Gasteiger partial charge in [0, 0.05) is 23.1 Å². The van der Waals surface area contributed by atoms with Crippen molar-refractivity contribution in [2.75, 3.05) is 13.2 Å². The molecule has 0 saturated carbocycles. The zero-order chi connectivity index (χ0) is 23.0. The second-order valence-corrected chi connectivity index (χ2v) is 8.77. The highest BCUT2D eigenvalue weighted by atomic mass is 35.5. The highest BCUT2D eigenvalue weighted by Crippen LogP contribution is 2.24. The second kappa shape index (κ2) is 12.0. The van der Waals surface area contributed by atoms with Gasteiger partial charge in [-0.15, -0.1) is 0 Å². The van der Waals surface area contributed by atoms with E-state index in [0.29, 0.717) is 40.2 Å². The van der Waals surface area contributed by atoms with Gasteiger partial charge in [-0.2, -0.15) is 0 Å². The van der Waals surface area contributed by atoms with Crippen LogP contribution in [-0.4, -0.2) is 35.9 Å². The molecule has 5 nitrogen and oxygen atoms in total. The van der Waals surface area contributed by atoms with Crippen LogP contribution in [-0.2, 0) is 16.1 Å². The van der Waals surface area contributed by atoms with Gasteiger partial charge >= 0.3 is 0 Å². The molecule has 1 atom stereocenters. The van der Waals surface area contributed by atoms with Crippen LogP contribution in [0.15, 0.2) is 42.5 Å². The van der Waals surface area contributed by atoms with Gasteiger partial charge in [0.05, 0.1) is 0 Å². The molecule has 0 fully saturated rings. The molecule has 0 aliphatic carbocycles. The van der Waals surface area contributed by atoms with Gasteiger partial charge in [-0.05, 0) is 54.7 Å². The molecule has 1 N–H and O–H groups in total. The number of hydrogen-bond donors (Lipinski definition) is 1. The van der Waals surface area contributed by atoms with Crippen molar-refractivity contribution in [2.45, 2.75) is 46.7 Å². The summed E-state index contributed by atoms with van der Waals surface area (Å²) in [5.74, 6) is 0.431. The van der Waals surface area contributed by atoms with Gasteiger partial charge in [0.25, 0.3) is 5.91 Å². The number of halogens is 2. The zero-order valence-electron chi connectivity index (χ0n) is 18.5. The molecule has 0 heterocycles. The Morgan fingerprint density at radius 3 is 2.48 bits per heavy atom. The van der Waals surface area contributed by atoms with E-state index >= 15 is 0 Å². The predicted octanol–water partition coefficient (Wildman–Crippen LogP) is 5.26. The van der Waals surface area contributed by atoms with Crippen molar-refractivity contribution in [3.63, 3.8) is 0 Å². The Morgan fingerprint density at radius 1 is 1.13 bits per heavy atom. The number of benzene rings is 2. The fourth-order valence-corrected chi connectivity index (χ4v) is 3.58. The summed E-state index contributed by atoms with van der Waals surface area (Å²) in [6.07, 6.45) is 0.464. The summed E-state index contributed by atoms with van der Waals surface area (Å²) in [7, 11) is 0. The molecule has 168 valence electrons. The van der Waals surface area contributed by atoms with Crippen LogP contribution in [0, 0.1) is 12.8 Å². The van der Waals surface area contributed by atoms with Crippen LogP contribution in [0.1, 0.15) is 38.3 Å². The quantitative estimate of drug-likeness (QED) is 0.521. The molecule has 0 bridgehead atoms. The van der Waals surface area contributed by atoms with Crippen LogP contribution in [0.25, 0.3) is 0 Å². The van der Waals surface area contributed by atoms with E-state index in [4.69, 9.17) is 27.9 Å². The molecule has 7 heteroatoms. The van der Waals surface area contributed by atoms with Crippen molar-refractivity contribution in [3.8, 4) is 5.75 Å². The van der Waals surface area contributed by atoms with Crippen LogP contribution in [0.3, 0.4) is 0 Å². The molecule has 2 rings (SSSR count). The molecule has 0 radical (unpaired) electrons. The number of amides is 2. The van der Waals surface area contributed by atoms with Gasteiger partial charge in [0.1, 0.15) is 11.8 Å². The number of aryl methyl sites for hydroxylation is 1. The average Bonchev–Trinajstić information content (AvgIpc) is 2.72. The average molecular weight is 465 g/mol. The Bertz CT molecular complexity index is 902. The molecule has 2 aromatic rings. The summed E-state index contributed by atoms with van der Waals surface area (Å²) in [4.78, 5) is 27.6. The maximum Gasteiger partial charge on any atom is 0.261 e. The summed E-state index contributed by atoms with van der Waals surface area (Å²) >= 11 is 12.4. The largest absolute Gasteiger partial charge is 0.484 e. The van der Waals surface area contributed by atoms with E-state index in [9.17, 15) is 9.59 Å². The Labute approximate surface area is 194 Å². The Kier molecular flexibility index (Phi) is 9.66. The molecular formula is C24H30Cl2N2O3. The lowest BCUT2D eigenvalue weighted by atomic mass is 10.1. The predicted molar refractivity (Wildman–Crippen MR) is 126 cm³/mol. The smallest absolute Gasteiger partial charge is 0.261 e. The van der Waals surface area contributed by atoms with Crippen LogP contribution in [0.5, 0.6) is 5.75 Å². The summed E-state index contributed by atoms with van der Waals surface area (Å²) in [6, 6.07) is 12.0. The van der Waals surface area contributed by atoms with E-state index in [-0.39, 0.29) is 25.0 Å². The number of nitrogens with zero attached hydrogens (tertiary/aromatic N) is 1. The molecule has 0 aliphatic heterocycles. The zero-order valence-corrected chi connectivity index (χ0v) is 20.0. The van der Waals surface area contributed by atoms with Gasteiger partial charge in [-0.25, -0.2) is 0 Å². The minimum Gasteiger partial charge on any atom is -0.484 e. The maximum absolute atomic E-state index is 13.2. The van der Waals surface area contributed by atoms with Crippen LogP contribution in [0.4, 0.5) is 0 Å². The van der Waals surface area contributed by atoms with E-state index in [1.807, 2.05) is 45.9 Å². The molecule has 0 aromatic heterocycles. The van der Waals surface area contributed by atoms with Gasteiger partial charge in [-0.3, -0.25) is 9.59 Å². The van der Waals surface area contributed by atoms with E-state index in [1.54, 1.807) is 24.3 Å². The molecule has 0 saturated heterocycles. The summed E-state index contributed by atoms with van der Waals surface area (Å²) in [5.41, 5.74) is 1.75. The summed E-state index contributed by atoms with van der Waals surface area (Å²) < 4.78 is 5.71. The molecular weight excluding hydrogens is 435 g/mol. The minimum absolute atomic E-state index is 0.178. The first-order chi connectivity index (χ1) is 14.7. The van der Waals surface area contributed by atoms with Crippen LogP contribution < -0.4 is 10.1 Å². The number of hydrogen-bond acceptors (Lipinski definition) is 3. The van der Waals surface area contributed by atoms with Crippen molar-refractivity contribution in [1.82, 2.24) is 10.2 Å². The Hall–Kier alpha value is -2.24. The van der Waals surface area contributed by atoms with E-state index < -0.39 is 6.04 Å².